The standard InChI is InChI=1S/C21H22N4OS2/c1-14-11-15-5-2-3-7-18(15)24(14)20(26)13-28-21-23-22-19(25(21)16-8-9-16)12-17-6-4-10-27-17/h2-7,10,14,16H,8-9,11-13H2,1H3/t14-/m1/s1. The molecule has 1 fully saturated rings. The zero-order valence-electron chi connectivity index (χ0n) is 15.7. The number of thioether (sulfide) groups is 1. The molecule has 1 amide bonds. The van der Waals surface area contributed by atoms with Gasteiger partial charge in [0.05, 0.1) is 5.75 Å². The van der Waals surface area contributed by atoms with Gasteiger partial charge < -0.3 is 9.47 Å². The van der Waals surface area contributed by atoms with Gasteiger partial charge in [0.25, 0.3) is 0 Å². The minimum atomic E-state index is 0.146. The molecule has 3 aromatic rings. The van der Waals surface area contributed by atoms with E-state index < -0.39 is 0 Å². The van der Waals surface area contributed by atoms with E-state index in [0.717, 1.165) is 29.5 Å². The van der Waals surface area contributed by atoms with E-state index >= 15 is 0 Å². The van der Waals surface area contributed by atoms with Crippen LogP contribution in [-0.2, 0) is 17.6 Å². The third-order valence-electron chi connectivity index (χ3n) is 5.36. The molecule has 1 atom stereocenters. The molecule has 0 radical (unpaired) electrons. The molecule has 1 aromatic carbocycles. The Morgan fingerprint density at radius 3 is 2.86 bits per heavy atom. The van der Waals surface area contributed by atoms with Gasteiger partial charge in [-0.3, -0.25) is 4.79 Å². The summed E-state index contributed by atoms with van der Waals surface area (Å²) in [5.74, 6) is 1.55. The van der Waals surface area contributed by atoms with Crippen LogP contribution in [0.2, 0.25) is 0 Å². The first-order valence-corrected chi connectivity index (χ1v) is 11.6. The SMILES string of the molecule is C[C@@H]1Cc2ccccc2N1C(=O)CSc1nnc(Cc2cccs2)n1C1CC1. The van der Waals surface area contributed by atoms with Crippen molar-refractivity contribution < 1.29 is 4.79 Å². The van der Waals surface area contributed by atoms with Crippen LogP contribution >= 0.6 is 23.1 Å². The third kappa shape index (κ3) is 3.37. The second-order valence-electron chi connectivity index (χ2n) is 7.49. The fourth-order valence-electron chi connectivity index (χ4n) is 3.94. The van der Waals surface area contributed by atoms with Crippen molar-refractivity contribution in [3.05, 3.63) is 58.0 Å². The zero-order valence-corrected chi connectivity index (χ0v) is 17.4. The fraction of sp³-hybridized carbons (Fsp3) is 0.381. The van der Waals surface area contributed by atoms with Gasteiger partial charge in [-0.2, -0.15) is 0 Å². The van der Waals surface area contributed by atoms with Crippen molar-refractivity contribution in [2.24, 2.45) is 0 Å². The maximum Gasteiger partial charge on any atom is 0.237 e. The molecule has 5 rings (SSSR count). The van der Waals surface area contributed by atoms with Gasteiger partial charge in [-0.05, 0) is 49.3 Å². The lowest BCUT2D eigenvalue weighted by atomic mass is 10.1. The fourth-order valence-corrected chi connectivity index (χ4v) is 5.52. The van der Waals surface area contributed by atoms with Crippen LogP contribution < -0.4 is 4.90 Å². The summed E-state index contributed by atoms with van der Waals surface area (Å²) in [5, 5.41) is 11.9. The summed E-state index contributed by atoms with van der Waals surface area (Å²) in [5.41, 5.74) is 2.32. The highest BCUT2D eigenvalue weighted by atomic mass is 32.2. The van der Waals surface area contributed by atoms with Crippen LogP contribution in [-0.4, -0.2) is 32.5 Å². The van der Waals surface area contributed by atoms with Gasteiger partial charge in [-0.15, -0.1) is 21.5 Å². The molecule has 0 unspecified atom stereocenters. The van der Waals surface area contributed by atoms with Crippen LogP contribution in [0.1, 0.15) is 42.1 Å². The highest BCUT2D eigenvalue weighted by molar-refractivity contribution is 7.99. The van der Waals surface area contributed by atoms with Gasteiger partial charge in [0.15, 0.2) is 5.16 Å². The maximum atomic E-state index is 13.0. The van der Waals surface area contributed by atoms with Crippen molar-refractivity contribution in [3.8, 4) is 0 Å². The number of fused-ring (bicyclic) bond motifs is 1. The van der Waals surface area contributed by atoms with Crippen molar-refractivity contribution >= 4 is 34.7 Å². The van der Waals surface area contributed by atoms with E-state index in [1.54, 1.807) is 11.3 Å². The molecular weight excluding hydrogens is 388 g/mol. The molecular formula is C21H22N4OS2. The molecule has 144 valence electrons. The maximum absolute atomic E-state index is 13.0. The molecule has 2 aromatic heterocycles. The van der Waals surface area contributed by atoms with E-state index in [2.05, 4.69) is 45.3 Å². The van der Waals surface area contributed by atoms with Crippen LogP contribution in [0.4, 0.5) is 5.69 Å². The summed E-state index contributed by atoms with van der Waals surface area (Å²) in [7, 11) is 0. The number of hydrogen-bond donors (Lipinski definition) is 0. The van der Waals surface area contributed by atoms with Gasteiger partial charge >= 0.3 is 0 Å². The molecule has 1 saturated carbocycles. The van der Waals surface area contributed by atoms with Crippen LogP contribution in [0.3, 0.4) is 0 Å². The molecule has 0 spiro atoms. The number of hydrogen-bond acceptors (Lipinski definition) is 5. The van der Waals surface area contributed by atoms with Crippen molar-refractivity contribution in [2.45, 2.75) is 49.8 Å². The molecule has 0 N–H and O–H groups in total. The third-order valence-corrected chi connectivity index (χ3v) is 7.16. The topological polar surface area (TPSA) is 51.0 Å². The first kappa shape index (κ1) is 17.9. The number of rotatable bonds is 6. The van der Waals surface area contributed by atoms with E-state index in [-0.39, 0.29) is 11.9 Å². The summed E-state index contributed by atoms with van der Waals surface area (Å²) in [6.45, 7) is 2.12. The summed E-state index contributed by atoms with van der Waals surface area (Å²) in [4.78, 5) is 16.2. The molecule has 0 saturated heterocycles. The van der Waals surface area contributed by atoms with Crippen molar-refractivity contribution in [1.82, 2.24) is 14.8 Å². The van der Waals surface area contributed by atoms with Gasteiger partial charge in [-0.25, -0.2) is 0 Å². The minimum absolute atomic E-state index is 0.146. The second-order valence-corrected chi connectivity index (χ2v) is 9.47. The van der Waals surface area contributed by atoms with Gasteiger partial charge in [0.1, 0.15) is 5.82 Å². The normalized spacial score (nSPS) is 18.5. The monoisotopic (exact) mass is 410 g/mol. The Kier molecular flexibility index (Phi) is 4.72. The van der Waals surface area contributed by atoms with E-state index in [0.29, 0.717) is 11.8 Å². The Morgan fingerprint density at radius 1 is 1.21 bits per heavy atom. The smallest absolute Gasteiger partial charge is 0.237 e. The molecule has 3 heterocycles. The number of amides is 1. The van der Waals surface area contributed by atoms with Crippen LogP contribution in [0, 0.1) is 0 Å². The predicted octanol–water partition coefficient (Wildman–Crippen LogP) is 4.34. The first-order valence-electron chi connectivity index (χ1n) is 9.69. The molecule has 5 nitrogen and oxygen atoms in total. The molecule has 1 aliphatic carbocycles. The second kappa shape index (κ2) is 7.37. The van der Waals surface area contributed by atoms with E-state index in [4.69, 9.17) is 0 Å². The molecule has 1 aliphatic heterocycles. The van der Waals surface area contributed by atoms with Gasteiger partial charge in [-0.1, -0.05) is 36.0 Å². The Hall–Kier alpha value is -2.12. The van der Waals surface area contributed by atoms with Crippen LogP contribution in [0.5, 0.6) is 0 Å². The van der Waals surface area contributed by atoms with Crippen molar-refractivity contribution in [3.63, 3.8) is 0 Å². The summed E-state index contributed by atoms with van der Waals surface area (Å²) in [6, 6.07) is 13.1. The lowest BCUT2D eigenvalue weighted by molar-refractivity contribution is -0.116. The number of nitrogens with zero attached hydrogens (tertiary/aromatic N) is 4. The predicted molar refractivity (Wildman–Crippen MR) is 113 cm³/mol. The average molecular weight is 411 g/mol. The van der Waals surface area contributed by atoms with Gasteiger partial charge in [0, 0.05) is 29.1 Å². The first-order chi connectivity index (χ1) is 13.7. The Bertz CT molecular complexity index is 994. The largest absolute Gasteiger partial charge is 0.308 e. The molecule has 7 heteroatoms. The molecule has 2 aliphatic rings. The number of carbonyl (C=O) groups is 1. The lowest BCUT2D eigenvalue weighted by Crippen LogP contribution is -2.37. The average Bonchev–Trinajstić information content (AvgIpc) is 3.11. The van der Waals surface area contributed by atoms with E-state index in [1.165, 1.54) is 35.0 Å². The number of thiophene rings is 1. The number of carbonyl (C=O) groups excluding carboxylic acids is 1. The zero-order chi connectivity index (χ0) is 19.1. The summed E-state index contributed by atoms with van der Waals surface area (Å²) < 4.78 is 2.26. The number of aromatic nitrogens is 3. The highest BCUT2D eigenvalue weighted by Gasteiger charge is 2.32. The Labute approximate surface area is 172 Å². The van der Waals surface area contributed by atoms with Crippen LogP contribution in [0.15, 0.2) is 46.9 Å². The Balaban J connectivity index is 1.32. The van der Waals surface area contributed by atoms with Gasteiger partial charge in [0.2, 0.25) is 5.91 Å². The van der Waals surface area contributed by atoms with Crippen molar-refractivity contribution in [2.75, 3.05) is 10.7 Å². The minimum Gasteiger partial charge on any atom is -0.308 e. The van der Waals surface area contributed by atoms with Crippen molar-refractivity contribution in [1.29, 1.82) is 0 Å². The summed E-state index contributed by atoms with van der Waals surface area (Å²) >= 11 is 3.27. The van der Waals surface area contributed by atoms with E-state index in [9.17, 15) is 4.79 Å². The van der Waals surface area contributed by atoms with Crippen LogP contribution in [0.25, 0.3) is 0 Å². The highest BCUT2D eigenvalue weighted by Crippen LogP contribution is 2.39. The van der Waals surface area contributed by atoms with E-state index in [1.807, 2.05) is 23.1 Å². The Morgan fingerprint density at radius 2 is 2.07 bits per heavy atom. The molecule has 0 bridgehead atoms. The number of benzene rings is 1. The number of para-hydroxylation sites is 1. The lowest BCUT2D eigenvalue weighted by Gasteiger charge is -2.22. The summed E-state index contributed by atoms with van der Waals surface area (Å²) in [6.07, 6.45) is 4.09. The molecule has 28 heavy (non-hydrogen) atoms. The quantitative estimate of drug-likeness (QED) is 0.568. The number of anilines is 1.